The van der Waals surface area contributed by atoms with E-state index < -0.39 is 23.3 Å². The molecule has 4 rings (SSSR count). The number of aromatic nitrogens is 3. The molecule has 0 aliphatic carbocycles. The highest BCUT2D eigenvalue weighted by molar-refractivity contribution is 5.99. The molecule has 3 aromatic heterocycles. The molecular formula is C30H36F3N7O4. The van der Waals surface area contributed by atoms with Gasteiger partial charge in [-0.15, -0.1) is 0 Å². The van der Waals surface area contributed by atoms with Gasteiger partial charge in [0.2, 0.25) is 11.8 Å². The molecule has 3 aromatic rings. The third-order valence-electron chi connectivity index (χ3n) is 7.21. The van der Waals surface area contributed by atoms with Crippen LogP contribution in [0, 0.1) is 0 Å². The van der Waals surface area contributed by atoms with Crippen molar-refractivity contribution in [3.8, 4) is 23.0 Å². The molecule has 0 bridgehead atoms. The fraction of sp³-hybridized carbons (Fsp3) is 0.433. The number of halogens is 3. The summed E-state index contributed by atoms with van der Waals surface area (Å²) in [5.74, 6) is -1.00. The first-order chi connectivity index (χ1) is 21.1. The largest absolute Gasteiger partial charge is 0.481 e. The van der Waals surface area contributed by atoms with E-state index in [9.17, 15) is 22.8 Å². The molecule has 44 heavy (non-hydrogen) atoms. The molecular weight excluding hydrogens is 579 g/mol. The van der Waals surface area contributed by atoms with E-state index in [0.717, 1.165) is 6.07 Å². The molecule has 0 radical (unpaired) electrons. The number of carbonyl (C=O) groups is 2. The molecule has 2 amide bonds. The minimum absolute atomic E-state index is 0.123. The van der Waals surface area contributed by atoms with Crippen LogP contribution in [0.25, 0.3) is 11.3 Å². The maximum absolute atomic E-state index is 13.8. The van der Waals surface area contributed by atoms with E-state index in [1.807, 2.05) is 24.8 Å². The van der Waals surface area contributed by atoms with Crippen LogP contribution in [0.1, 0.15) is 46.8 Å². The number of amides is 2. The molecule has 1 aliphatic heterocycles. The van der Waals surface area contributed by atoms with Crippen molar-refractivity contribution in [3.05, 3.63) is 59.5 Å². The van der Waals surface area contributed by atoms with Crippen LogP contribution < -0.4 is 25.0 Å². The second-order valence-electron chi connectivity index (χ2n) is 9.97. The fourth-order valence-corrected chi connectivity index (χ4v) is 5.04. The third-order valence-corrected chi connectivity index (χ3v) is 7.21. The third kappa shape index (κ3) is 7.18. The van der Waals surface area contributed by atoms with Crippen molar-refractivity contribution >= 4 is 17.5 Å². The van der Waals surface area contributed by atoms with E-state index in [0.29, 0.717) is 48.9 Å². The molecule has 236 valence electrons. The summed E-state index contributed by atoms with van der Waals surface area (Å²) in [7, 11) is 2.99. The van der Waals surface area contributed by atoms with E-state index in [1.54, 1.807) is 31.4 Å². The molecule has 14 heteroatoms. The Morgan fingerprint density at radius 2 is 1.86 bits per heavy atom. The zero-order valence-electron chi connectivity index (χ0n) is 25.1. The van der Waals surface area contributed by atoms with Crippen LogP contribution in [0.15, 0.2) is 42.6 Å². The molecule has 1 saturated heterocycles. The number of anilines is 1. The summed E-state index contributed by atoms with van der Waals surface area (Å²) in [4.78, 5) is 42.8. The topological polar surface area (TPSA) is 122 Å². The van der Waals surface area contributed by atoms with Crippen molar-refractivity contribution in [1.29, 1.82) is 0 Å². The lowest BCUT2D eigenvalue weighted by atomic mass is 10.0. The lowest BCUT2D eigenvalue weighted by Crippen LogP contribution is -2.55. The summed E-state index contributed by atoms with van der Waals surface area (Å²) in [5, 5.41) is 5.87. The Morgan fingerprint density at radius 3 is 2.55 bits per heavy atom. The molecule has 0 saturated carbocycles. The normalized spacial score (nSPS) is 15.2. The van der Waals surface area contributed by atoms with Crippen LogP contribution in [0.4, 0.5) is 18.9 Å². The molecule has 4 heterocycles. The van der Waals surface area contributed by atoms with Gasteiger partial charge in [-0.3, -0.25) is 9.59 Å². The maximum Gasteiger partial charge on any atom is 0.434 e. The second-order valence-corrected chi connectivity index (χ2v) is 9.97. The Kier molecular flexibility index (Phi) is 10.6. The van der Waals surface area contributed by atoms with Crippen LogP contribution in [-0.4, -0.2) is 91.2 Å². The lowest BCUT2D eigenvalue weighted by Gasteiger charge is -2.43. The molecule has 0 spiro atoms. The number of rotatable bonds is 11. The Bertz CT molecular complexity index is 1470. The van der Waals surface area contributed by atoms with Gasteiger partial charge in [0.05, 0.1) is 36.2 Å². The maximum atomic E-state index is 13.8. The average molecular weight is 616 g/mol. The molecule has 2 N–H and O–H groups in total. The predicted molar refractivity (Wildman–Crippen MR) is 158 cm³/mol. The van der Waals surface area contributed by atoms with Gasteiger partial charge in [-0.05, 0) is 50.7 Å². The van der Waals surface area contributed by atoms with Crippen molar-refractivity contribution in [2.75, 3.05) is 58.4 Å². The van der Waals surface area contributed by atoms with Crippen molar-refractivity contribution < 1.29 is 32.2 Å². The van der Waals surface area contributed by atoms with Gasteiger partial charge in [-0.2, -0.15) is 13.2 Å². The molecule has 1 aliphatic rings. The summed E-state index contributed by atoms with van der Waals surface area (Å²) >= 11 is 0. The van der Waals surface area contributed by atoms with E-state index in [2.05, 4.69) is 20.6 Å². The van der Waals surface area contributed by atoms with Gasteiger partial charge in [-0.1, -0.05) is 6.92 Å². The fourth-order valence-electron chi connectivity index (χ4n) is 5.04. The Hall–Kier alpha value is -4.46. The highest BCUT2D eigenvalue weighted by Gasteiger charge is 2.40. The monoisotopic (exact) mass is 615 g/mol. The number of ether oxygens (including phenoxy) is 2. The molecule has 11 nitrogen and oxygen atoms in total. The summed E-state index contributed by atoms with van der Waals surface area (Å²) in [6, 6.07) is 9.17. The standard InChI is InChI=1S/C30H36F3N7O4/c1-5-19-18-39(29(42)21-9-12-24(43-4)38-26(21)30(31,32)33)16-17-40(19)23-11-10-22(20-8-7-13-36-28(20)44-6-2)37-25(23)27(41)35-15-14-34-3/h7-13,19,34H,5-6,14-18H2,1-4H3,(H,35,41)/t19-/m1/s1. The lowest BCUT2D eigenvalue weighted by molar-refractivity contribution is -0.141. The molecule has 0 unspecified atom stereocenters. The average Bonchev–Trinajstić information content (AvgIpc) is 3.03. The number of carbonyl (C=O) groups excluding carboxylic acids is 2. The number of nitrogens with zero attached hydrogens (tertiary/aromatic N) is 5. The molecule has 1 fully saturated rings. The summed E-state index contributed by atoms with van der Waals surface area (Å²) < 4.78 is 52.0. The van der Waals surface area contributed by atoms with E-state index in [-0.39, 0.29) is 43.2 Å². The van der Waals surface area contributed by atoms with Gasteiger partial charge in [0.15, 0.2) is 11.4 Å². The van der Waals surface area contributed by atoms with Crippen molar-refractivity contribution in [2.24, 2.45) is 0 Å². The number of methoxy groups -OCH3 is 1. The van der Waals surface area contributed by atoms with Gasteiger partial charge in [0.25, 0.3) is 11.8 Å². The number of hydrogen-bond donors (Lipinski definition) is 2. The van der Waals surface area contributed by atoms with Crippen molar-refractivity contribution in [3.63, 3.8) is 0 Å². The van der Waals surface area contributed by atoms with E-state index >= 15 is 0 Å². The Balaban J connectivity index is 1.67. The zero-order valence-corrected chi connectivity index (χ0v) is 25.1. The van der Waals surface area contributed by atoms with Gasteiger partial charge >= 0.3 is 6.18 Å². The van der Waals surface area contributed by atoms with E-state index in [1.165, 1.54) is 18.1 Å². The quantitative estimate of drug-likeness (QED) is 0.311. The highest BCUT2D eigenvalue weighted by atomic mass is 19.4. The first-order valence-corrected chi connectivity index (χ1v) is 14.3. The summed E-state index contributed by atoms with van der Waals surface area (Å²) in [5.41, 5.74) is 0.0255. The number of piperazine rings is 1. The number of nitrogens with one attached hydrogen (secondary N) is 2. The Morgan fingerprint density at radius 1 is 1.07 bits per heavy atom. The van der Waals surface area contributed by atoms with Gasteiger partial charge in [0, 0.05) is 51.0 Å². The van der Waals surface area contributed by atoms with Crippen molar-refractivity contribution in [1.82, 2.24) is 30.5 Å². The van der Waals surface area contributed by atoms with Crippen LogP contribution in [-0.2, 0) is 6.18 Å². The number of pyridine rings is 3. The summed E-state index contributed by atoms with van der Waals surface area (Å²) in [6.45, 7) is 5.61. The zero-order chi connectivity index (χ0) is 31.9. The Labute approximate surface area is 253 Å². The first kappa shape index (κ1) is 32.5. The number of likely N-dealkylation sites (N-methyl/N-ethyl adjacent to an activating group) is 1. The van der Waals surface area contributed by atoms with Crippen LogP contribution in [0.3, 0.4) is 0 Å². The minimum atomic E-state index is -4.84. The van der Waals surface area contributed by atoms with Gasteiger partial charge < -0.3 is 29.9 Å². The highest BCUT2D eigenvalue weighted by Crippen LogP contribution is 2.34. The van der Waals surface area contributed by atoms with Gasteiger partial charge in [0.1, 0.15) is 0 Å². The molecule has 0 aromatic carbocycles. The SMILES string of the molecule is CCOc1ncccc1-c1ccc(N2CCN(C(=O)c3ccc(OC)nc3C(F)(F)F)C[C@H]2CC)c(C(=O)NCCNC)n1. The van der Waals surface area contributed by atoms with E-state index in [4.69, 9.17) is 14.5 Å². The smallest absolute Gasteiger partial charge is 0.434 e. The van der Waals surface area contributed by atoms with Crippen molar-refractivity contribution in [2.45, 2.75) is 32.5 Å². The van der Waals surface area contributed by atoms with Crippen LogP contribution in [0.5, 0.6) is 11.8 Å². The second kappa shape index (κ2) is 14.3. The number of hydrogen-bond acceptors (Lipinski definition) is 9. The molecule has 1 atom stereocenters. The minimum Gasteiger partial charge on any atom is -0.481 e. The summed E-state index contributed by atoms with van der Waals surface area (Å²) in [6.07, 6.45) is -2.68. The van der Waals surface area contributed by atoms with Crippen LogP contribution in [0.2, 0.25) is 0 Å². The predicted octanol–water partition coefficient (Wildman–Crippen LogP) is 3.65. The van der Waals surface area contributed by atoms with Gasteiger partial charge in [-0.25, -0.2) is 15.0 Å². The van der Waals surface area contributed by atoms with Crippen LogP contribution >= 0.6 is 0 Å². The first-order valence-electron chi connectivity index (χ1n) is 14.3. The number of alkyl halides is 3.